The highest BCUT2D eigenvalue weighted by Gasteiger charge is 2.12. The first-order chi connectivity index (χ1) is 12.1. The normalized spacial score (nSPS) is 12.5. The van der Waals surface area contributed by atoms with Crippen LogP contribution in [0.4, 0.5) is 5.82 Å². The van der Waals surface area contributed by atoms with Crippen molar-refractivity contribution in [2.75, 3.05) is 25.6 Å². The van der Waals surface area contributed by atoms with Gasteiger partial charge in [0.05, 0.1) is 12.7 Å². The lowest BCUT2D eigenvalue weighted by molar-refractivity contribution is 0.0615. The number of aliphatic hydroxyl groups is 1. The Kier molecular flexibility index (Phi) is 5.70. The smallest absolute Gasteiger partial charge is 0.185 e. The number of aliphatic hydroxyl groups excluding tert-OH is 1. The van der Waals surface area contributed by atoms with Gasteiger partial charge in [-0.2, -0.15) is 4.52 Å². The van der Waals surface area contributed by atoms with Crippen LogP contribution >= 0.6 is 23.2 Å². The molecule has 2 aromatic heterocycles. The van der Waals surface area contributed by atoms with Gasteiger partial charge in [0.1, 0.15) is 5.82 Å². The summed E-state index contributed by atoms with van der Waals surface area (Å²) in [4.78, 5) is 0. The molecule has 9 heteroatoms. The Morgan fingerprint density at radius 3 is 2.68 bits per heavy atom. The molecule has 0 aliphatic carbocycles. The quantitative estimate of drug-likeness (QED) is 0.654. The van der Waals surface area contributed by atoms with Gasteiger partial charge >= 0.3 is 0 Å². The number of nitrogens with one attached hydrogen (secondary N) is 1. The molecule has 0 spiro atoms. The first-order valence-corrected chi connectivity index (χ1v) is 8.42. The van der Waals surface area contributed by atoms with Crippen LogP contribution < -0.4 is 5.32 Å². The van der Waals surface area contributed by atoms with Gasteiger partial charge < -0.3 is 15.2 Å². The number of methoxy groups -OCH3 is 1. The van der Waals surface area contributed by atoms with E-state index in [9.17, 15) is 5.11 Å². The molecule has 1 atom stereocenters. The minimum absolute atomic E-state index is 0.305. The zero-order valence-electron chi connectivity index (χ0n) is 13.5. The minimum Gasteiger partial charge on any atom is -0.391 e. The molecule has 0 aliphatic rings. The molecule has 7 nitrogen and oxygen atoms in total. The van der Waals surface area contributed by atoms with Crippen molar-refractivity contribution >= 4 is 34.7 Å². The molecule has 0 amide bonds. The van der Waals surface area contributed by atoms with Crippen LogP contribution in [0.15, 0.2) is 30.3 Å². The maximum Gasteiger partial charge on any atom is 0.185 e. The van der Waals surface area contributed by atoms with Crippen molar-refractivity contribution in [2.24, 2.45) is 0 Å². The number of halogens is 2. The molecule has 1 unspecified atom stereocenters. The summed E-state index contributed by atoms with van der Waals surface area (Å²) in [6.45, 7) is 0.864. The van der Waals surface area contributed by atoms with E-state index in [2.05, 4.69) is 20.6 Å². The Hall–Kier alpha value is -1.93. The summed E-state index contributed by atoms with van der Waals surface area (Å²) in [5.41, 5.74) is 1.33. The van der Waals surface area contributed by atoms with Crippen LogP contribution in [0.2, 0.25) is 10.0 Å². The average Bonchev–Trinajstić information content (AvgIpc) is 2.97. The fraction of sp³-hybridized carbons (Fsp3) is 0.312. The lowest BCUT2D eigenvalue weighted by atomic mass is 10.2. The van der Waals surface area contributed by atoms with E-state index in [1.807, 2.05) is 6.07 Å². The lowest BCUT2D eigenvalue weighted by Gasteiger charge is -2.10. The molecule has 1 aromatic carbocycles. The van der Waals surface area contributed by atoms with Crippen molar-refractivity contribution in [3.63, 3.8) is 0 Å². The van der Waals surface area contributed by atoms with Crippen molar-refractivity contribution in [2.45, 2.75) is 12.5 Å². The Morgan fingerprint density at radius 1 is 1.20 bits per heavy atom. The van der Waals surface area contributed by atoms with Gasteiger partial charge in [0, 0.05) is 29.3 Å². The van der Waals surface area contributed by atoms with Crippen LogP contribution in [0, 0.1) is 0 Å². The lowest BCUT2D eigenvalue weighted by Crippen LogP contribution is -2.18. The third-order valence-electron chi connectivity index (χ3n) is 3.53. The summed E-state index contributed by atoms with van der Waals surface area (Å²) in [7, 11) is 1.56. The van der Waals surface area contributed by atoms with Crippen molar-refractivity contribution in [1.82, 2.24) is 19.8 Å². The molecule has 2 heterocycles. The highest BCUT2D eigenvalue weighted by Crippen LogP contribution is 2.26. The summed E-state index contributed by atoms with van der Waals surface area (Å²) in [5.74, 6) is 1.19. The van der Waals surface area contributed by atoms with Crippen LogP contribution in [0.5, 0.6) is 0 Å². The molecule has 132 valence electrons. The molecule has 0 radical (unpaired) electrons. The number of rotatable bonds is 7. The summed E-state index contributed by atoms with van der Waals surface area (Å²) in [5, 5.41) is 26.6. The van der Waals surface area contributed by atoms with Crippen LogP contribution in [0.3, 0.4) is 0 Å². The van der Waals surface area contributed by atoms with Gasteiger partial charge in [-0.3, -0.25) is 0 Å². The second-order valence-corrected chi connectivity index (χ2v) is 6.37. The van der Waals surface area contributed by atoms with E-state index in [0.29, 0.717) is 46.9 Å². The molecular weight excluding hydrogens is 365 g/mol. The van der Waals surface area contributed by atoms with Gasteiger partial charge in [-0.05, 0) is 36.8 Å². The Morgan fingerprint density at radius 2 is 1.96 bits per heavy atom. The fourth-order valence-electron chi connectivity index (χ4n) is 2.39. The van der Waals surface area contributed by atoms with E-state index in [1.165, 1.54) is 0 Å². The van der Waals surface area contributed by atoms with Gasteiger partial charge in [-0.1, -0.05) is 23.2 Å². The molecule has 0 saturated carbocycles. The van der Waals surface area contributed by atoms with E-state index in [4.69, 9.17) is 27.9 Å². The SMILES string of the molecule is COCC(O)CCNc1ccc2nnc(-c3cc(Cl)cc(Cl)c3)n2n1. The van der Waals surface area contributed by atoms with Gasteiger partial charge in [0.2, 0.25) is 0 Å². The van der Waals surface area contributed by atoms with Crippen LogP contribution in [0.1, 0.15) is 6.42 Å². The van der Waals surface area contributed by atoms with E-state index in [1.54, 1.807) is 35.9 Å². The third kappa shape index (κ3) is 4.38. The van der Waals surface area contributed by atoms with Gasteiger partial charge in [-0.15, -0.1) is 15.3 Å². The van der Waals surface area contributed by atoms with Gasteiger partial charge in [0.15, 0.2) is 11.5 Å². The molecule has 3 aromatic rings. The van der Waals surface area contributed by atoms with Crippen molar-refractivity contribution in [3.8, 4) is 11.4 Å². The first kappa shape index (κ1) is 17.9. The number of ether oxygens (including phenoxy) is 1. The van der Waals surface area contributed by atoms with Gasteiger partial charge in [-0.25, -0.2) is 0 Å². The number of anilines is 1. The molecule has 3 rings (SSSR count). The fourth-order valence-corrected chi connectivity index (χ4v) is 2.91. The van der Waals surface area contributed by atoms with E-state index < -0.39 is 6.10 Å². The van der Waals surface area contributed by atoms with Crippen LogP contribution in [-0.4, -0.2) is 51.3 Å². The van der Waals surface area contributed by atoms with Crippen LogP contribution in [-0.2, 0) is 4.74 Å². The van der Waals surface area contributed by atoms with E-state index >= 15 is 0 Å². The molecule has 25 heavy (non-hydrogen) atoms. The monoisotopic (exact) mass is 381 g/mol. The minimum atomic E-state index is -0.514. The number of hydrogen-bond acceptors (Lipinski definition) is 6. The third-order valence-corrected chi connectivity index (χ3v) is 3.96. The second kappa shape index (κ2) is 7.97. The maximum atomic E-state index is 9.68. The number of benzene rings is 1. The second-order valence-electron chi connectivity index (χ2n) is 5.49. The predicted molar refractivity (Wildman–Crippen MR) is 97.2 cm³/mol. The summed E-state index contributed by atoms with van der Waals surface area (Å²) >= 11 is 12.1. The van der Waals surface area contributed by atoms with E-state index in [0.717, 1.165) is 5.56 Å². The standard InChI is InChI=1S/C16H17Cl2N5O2/c1-25-9-13(24)4-5-19-14-2-3-15-20-21-16(23(15)22-14)10-6-11(17)8-12(18)7-10/h2-3,6-8,13,24H,4-5,9H2,1H3,(H,19,22). The largest absolute Gasteiger partial charge is 0.391 e. The molecule has 0 bridgehead atoms. The average molecular weight is 382 g/mol. The maximum absolute atomic E-state index is 9.68. The van der Waals surface area contributed by atoms with E-state index in [-0.39, 0.29) is 0 Å². The number of nitrogens with zero attached hydrogens (tertiary/aromatic N) is 4. The predicted octanol–water partition coefficient (Wildman–Crippen LogP) is 2.91. The highest BCUT2D eigenvalue weighted by molar-refractivity contribution is 6.35. The number of hydrogen-bond donors (Lipinski definition) is 2. The highest BCUT2D eigenvalue weighted by atomic mass is 35.5. The Bertz CT molecular complexity index is 851. The summed E-state index contributed by atoms with van der Waals surface area (Å²) in [6, 6.07) is 8.78. The van der Waals surface area contributed by atoms with Crippen molar-refractivity contribution < 1.29 is 9.84 Å². The number of aromatic nitrogens is 4. The first-order valence-electron chi connectivity index (χ1n) is 7.66. The zero-order chi connectivity index (χ0) is 17.8. The molecule has 0 fully saturated rings. The van der Waals surface area contributed by atoms with Crippen molar-refractivity contribution in [1.29, 1.82) is 0 Å². The topological polar surface area (TPSA) is 84.6 Å². The summed E-state index contributed by atoms with van der Waals surface area (Å²) in [6.07, 6.45) is 0.0345. The summed E-state index contributed by atoms with van der Waals surface area (Å²) < 4.78 is 6.52. The molecule has 2 N–H and O–H groups in total. The van der Waals surface area contributed by atoms with Crippen LogP contribution in [0.25, 0.3) is 17.0 Å². The number of fused-ring (bicyclic) bond motifs is 1. The Balaban J connectivity index is 1.82. The van der Waals surface area contributed by atoms with Gasteiger partial charge in [0.25, 0.3) is 0 Å². The van der Waals surface area contributed by atoms with Crippen molar-refractivity contribution in [3.05, 3.63) is 40.4 Å². The zero-order valence-corrected chi connectivity index (χ0v) is 15.0. The molecular formula is C16H17Cl2N5O2. The Labute approximate surface area is 154 Å². The molecule has 0 aliphatic heterocycles. The molecule has 0 saturated heterocycles.